The van der Waals surface area contributed by atoms with Gasteiger partial charge in [0.25, 0.3) is 0 Å². The van der Waals surface area contributed by atoms with E-state index in [1.54, 1.807) is 0 Å². The molecular formula is C42H68N4O2. The van der Waals surface area contributed by atoms with E-state index in [4.69, 9.17) is 9.98 Å². The van der Waals surface area contributed by atoms with Gasteiger partial charge >= 0.3 is 0 Å². The molecule has 0 saturated heterocycles. The first kappa shape index (κ1) is 39.7. The third-order valence-electron chi connectivity index (χ3n) is 10.0. The summed E-state index contributed by atoms with van der Waals surface area (Å²) in [6, 6.07) is 10.1. The van der Waals surface area contributed by atoms with Crippen LogP contribution in [0.1, 0.15) is 156 Å². The van der Waals surface area contributed by atoms with E-state index in [1.807, 2.05) is 12.4 Å². The Hall–Kier alpha value is -2.70. The zero-order valence-electron chi connectivity index (χ0n) is 32.9. The molecule has 0 unspecified atom stereocenters. The molecule has 0 spiro atoms. The van der Waals surface area contributed by atoms with Crippen molar-refractivity contribution in [3.05, 3.63) is 57.6 Å². The first-order valence-electron chi connectivity index (χ1n) is 18.5. The Morgan fingerprint density at radius 2 is 0.917 bits per heavy atom. The number of nitrogens with zero attached hydrogens (tertiary/aromatic N) is 4. The molecule has 6 heteroatoms. The fourth-order valence-corrected chi connectivity index (χ4v) is 6.85. The first-order chi connectivity index (χ1) is 22.2. The molecule has 3 rings (SSSR count). The van der Waals surface area contributed by atoms with E-state index in [2.05, 4.69) is 131 Å². The van der Waals surface area contributed by atoms with E-state index in [0.717, 1.165) is 47.9 Å². The second kappa shape index (κ2) is 16.3. The van der Waals surface area contributed by atoms with E-state index in [0.29, 0.717) is 48.8 Å². The molecule has 2 aromatic rings. The molecule has 1 aliphatic carbocycles. The summed E-state index contributed by atoms with van der Waals surface area (Å²) in [6.07, 6.45) is 7.92. The average Bonchev–Trinajstić information content (AvgIpc) is 2.97. The molecule has 0 aliphatic heterocycles. The minimum Gasteiger partial charge on any atom is -0.507 e. The maximum Gasteiger partial charge on any atom is 0.128 e. The minimum atomic E-state index is -0.0625. The molecule has 268 valence electrons. The van der Waals surface area contributed by atoms with Gasteiger partial charge in [-0.25, -0.2) is 0 Å². The Morgan fingerprint density at radius 3 is 1.19 bits per heavy atom. The number of hydrogen-bond donors (Lipinski definition) is 2. The quantitative estimate of drug-likeness (QED) is 0.222. The number of rotatable bonds is 12. The Morgan fingerprint density at radius 1 is 0.604 bits per heavy atom. The molecular weight excluding hydrogens is 592 g/mol. The summed E-state index contributed by atoms with van der Waals surface area (Å²) in [6.45, 7) is 32.4. The van der Waals surface area contributed by atoms with Crippen molar-refractivity contribution in [1.29, 1.82) is 0 Å². The number of hydrogen-bond acceptors (Lipinski definition) is 6. The molecule has 0 heterocycles. The van der Waals surface area contributed by atoms with Crippen LogP contribution in [0.25, 0.3) is 0 Å². The smallest absolute Gasteiger partial charge is 0.128 e. The molecule has 0 amide bonds. The average molecular weight is 661 g/mol. The summed E-state index contributed by atoms with van der Waals surface area (Å²) in [4.78, 5) is 15.0. The first-order valence-corrected chi connectivity index (χ1v) is 18.5. The van der Waals surface area contributed by atoms with Crippen molar-refractivity contribution in [2.24, 2.45) is 9.98 Å². The lowest BCUT2D eigenvalue weighted by molar-refractivity contribution is 0.164. The third kappa shape index (κ3) is 10.4. The highest BCUT2D eigenvalue weighted by molar-refractivity contribution is 5.86. The van der Waals surface area contributed by atoms with Crippen LogP contribution in [0.3, 0.4) is 0 Å². The monoisotopic (exact) mass is 661 g/mol. The Balaban J connectivity index is 1.99. The summed E-state index contributed by atoms with van der Waals surface area (Å²) in [5.41, 5.74) is 5.71. The SMILES string of the molecule is CC(C)N(Cc1cc(C(C)(C)C)cc(C=N[C@@H]2CCCC[C@H]2N=Cc2cc(C(C)(C)C)cc(CN(C(C)C)C(C)C)c2O)c1O)C(C)C. The lowest BCUT2D eigenvalue weighted by Gasteiger charge is -2.32. The third-order valence-corrected chi connectivity index (χ3v) is 10.0. The van der Waals surface area contributed by atoms with Crippen LogP contribution < -0.4 is 0 Å². The molecule has 2 aromatic carbocycles. The van der Waals surface area contributed by atoms with Crippen molar-refractivity contribution in [2.75, 3.05) is 0 Å². The van der Waals surface area contributed by atoms with Gasteiger partial charge < -0.3 is 10.2 Å². The van der Waals surface area contributed by atoms with Crippen LogP contribution in [-0.4, -0.2) is 68.7 Å². The second-order valence-corrected chi connectivity index (χ2v) is 17.3. The molecule has 6 nitrogen and oxygen atoms in total. The highest BCUT2D eigenvalue weighted by Crippen LogP contribution is 2.34. The number of benzene rings is 2. The highest BCUT2D eigenvalue weighted by Gasteiger charge is 2.26. The van der Waals surface area contributed by atoms with Crippen LogP contribution in [0, 0.1) is 0 Å². The van der Waals surface area contributed by atoms with Crippen LogP contribution in [0.4, 0.5) is 0 Å². The largest absolute Gasteiger partial charge is 0.507 e. The van der Waals surface area contributed by atoms with Crippen molar-refractivity contribution in [3.8, 4) is 11.5 Å². The topological polar surface area (TPSA) is 71.7 Å². The molecule has 0 aromatic heterocycles. The predicted molar refractivity (Wildman–Crippen MR) is 206 cm³/mol. The fraction of sp³-hybridized carbons (Fsp3) is 0.667. The second-order valence-electron chi connectivity index (χ2n) is 17.3. The summed E-state index contributed by atoms with van der Waals surface area (Å²) in [5.74, 6) is 0.643. The molecule has 2 N–H and O–H groups in total. The zero-order valence-corrected chi connectivity index (χ0v) is 32.9. The van der Waals surface area contributed by atoms with Crippen molar-refractivity contribution < 1.29 is 10.2 Å². The lowest BCUT2D eigenvalue weighted by Crippen LogP contribution is -2.36. The van der Waals surface area contributed by atoms with Crippen LogP contribution in [0.15, 0.2) is 34.3 Å². The Labute approximate surface area is 293 Å². The van der Waals surface area contributed by atoms with Gasteiger partial charge in [0.2, 0.25) is 0 Å². The van der Waals surface area contributed by atoms with E-state index in [9.17, 15) is 10.2 Å². The maximum atomic E-state index is 11.5. The van der Waals surface area contributed by atoms with Gasteiger partial charge in [-0.3, -0.25) is 19.8 Å². The molecule has 0 radical (unpaired) electrons. The molecule has 2 atom stereocenters. The van der Waals surface area contributed by atoms with Gasteiger partial charge in [-0.2, -0.15) is 0 Å². The van der Waals surface area contributed by atoms with E-state index < -0.39 is 0 Å². The van der Waals surface area contributed by atoms with Crippen LogP contribution in [0.2, 0.25) is 0 Å². The molecule has 1 saturated carbocycles. The molecule has 1 fully saturated rings. The van der Waals surface area contributed by atoms with Crippen LogP contribution >= 0.6 is 0 Å². The van der Waals surface area contributed by atoms with Gasteiger partial charge in [0.15, 0.2) is 0 Å². The van der Waals surface area contributed by atoms with Gasteiger partial charge in [0.05, 0.1) is 12.1 Å². The Kier molecular flexibility index (Phi) is 13.5. The molecule has 1 aliphatic rings. The van der Waals surface area contributed by atoms with Crippen LogP contribution in [0.5, 0.6) is 11.5 Å². The van der Waals surface area contributed by atoms with Gasteiger partial charge in [0, 0.05) is 71.9 Å². The Bertz CT molecular complexity index is 1280. The number of aromatic hydroxyl groups is 2. The zero-order chi connectivity index (χ0) is 36.1. The fourth-order valence-electron chi connectivity index (χ4n) is 6.85. The predicted octanol–water partition coefficient (Wildman–Crippen LogP) is 9.78. The number of phenolic OH excluding ortho intramolecular Hbond substituents is 2. The highest BCUT2D eigenvalue weighted by atomic mass is 16.3. The van der Waals surface area contributed by atoms with Crippen LogP contribution in [-0.2, 0) is 23.9 Å². The molecule has 48 heavy (non-hydrogen) atoms. The van der Waals surface area contributed by atoms with Crippen molar-refractivity contribution in [3.63, 3.8) is 0 Å². The van der Waals surface area contributed by atoms with Gasteiger partial charge in [-0.1, -0.05) is 66.5 Å². The normalized spacial score (nSPS) is 18.3. The lowest BCUT2D eigenvalue weighted by atomic mass is 9.84. The van der Waals surface area contributed by atoms with E-state index >= 15 is 0 Å². The van der Waals surface area contributed by atoms with Crippen molar-refractivity contribution in [1.82, 2.24) is 9.80 Å². The number of phenols is 2. The summed E-state index contributed by atoms with van der Waals surface area (Å²) < 4.78 is 0. The molecule has 0 bridgehead atoms. The minimum absolute atomic E-state index is 0.0174. The standard InChI is InChI=1S/C42H68N4O2/c1-27(2)45(28(3)4)25-33-21-35(41(9,10)11)19-31(39(33)47)23-43-37-17-15-16-18-38(37)44-24-32-20-36(42(12,13)14)22-34(40(32)48)26-46(29(5)6)30(7)8/h19-24,27-30,37-38,47-48H,15-18,25-26H2,1-14H3/t37-,38-/m1/s1. The van der Waals surface area contributed by atoms with Crippen molar-refractivity contribution in [2.45, 2.75) is 183 Å². The van der Waals surface area contributed by atoms with E-state index in [-0.39, 0.29) is 22.9 Å². The van der Waals surface area contributed by atoms with Gasteiger partial charge in [-0.05, 0) is 102 Å². The van der Waals surface area contributed by atoms with Crippen molar-refractivity contribution >= 4 is 12.4 Å². The summed E-state index contributed by atoms with van der Waals surface area (Å²) in [5, 5.41) is 23.1. The summed E-state index contributed by atoms with van der Waals surface area (Å²) in [7, 11) is 0. The maximum absolute atomic E-state index is 11.5. The summed E-state index contributed by atoms with van der Waals surface area (Å²) >= 11 is 0. The van der Waals surface area contributed by atoms with Gasteiger partial charge in [-0.15, -0.1) is 0 Å². The van der Waals surface area contributed by atoms with Gasteiger partial charge in [0.1, 0.15) is 11.5 Å². The van der Waals surface area contributed by atoms with E-state index in [1.165, 1.54) is 11.1 Å². The number of aliphatic imine (C=N–C) groups is 2.